The first-order chi connectivity index (χ1) is 10.2. The highest BCUT2D eigenvalue weighted by Crippen LogP contribution is 2.24. The van der Waals surface area contributed by atoms with E-state index in [9.17, 15) is 0 Å². The first-order valence-corrected chi connectivity index (χ1v) is 7.49. The number of rotatable bonds is 7. The summed E-state index contributed by atoms with van der Waals surface area (Å²) in [5, 5.41) is 3.20. The molecule has 1 N–H and O–H groups in total. The molecule has 0 spiro atoms. The number of nitrogens with one attached hydrogen (secondary N) is 1. The summed E-state index contributed by atoms with van der Waals surface area (Å²) in [7, 11) is 1.64. The number of ether oxygens (including phenoxy) is 2. The summed E-state index contributed by atoms with van der Waals surface area (Å²) in [6, 6.07) is 9.61. The second-order valence-electron chi connectivity index (χ2n) is 4.31. The molecule has 0 aliphatic carbocycles. The molecule has 0 aliphatic rings. The van der Waals surface area contributed by atoms with E-state index < -0.39 is 0 Å². The zero-order valence-electron chi connectivity index (χ0n) is 12.1. The van der Waals surface area contributed by atoms with Gasteiger partial charge in [0.15, 0.2) is 5.82 Å². The molecule has 2 rings (SSSR count). The smallest absolute Gasteiger partial charge is 0.168 e. The van der Waals surface area contributed by atoms with E-state index in [1.165, 1.54) is 0 Å². The van der Waals surface area contributed by atoms with E-state index in [1.54, 1.807) is 7.11 Å². The van der Waals surface area contributed by atoms with Crippen molar-refractivity contribution in [2.45, 2.75) is 20.1 Å². The van der Waals surface area contributed by atoms with Crippen LogP contribution in [0.2, 0.25) is 0 Å². The topological polar surface area (TPSA) is 56.3 Å². The molecule has 0 saturated heterocycles. The van der Waals surface area contributed by atoms with Gasteiger partial charge in [0.1, 0.15) is 18.2 Å². The summed E-state index contributed by atoms with van der Waals surface area (Å²) < 4.78 is 11.7. The van der Waals surface area contributed by atoms with Crippen molar-refractivity contribution in [2.75, 3.05) is 19.0 Å². The van der Waals surface area contributed by atoms with Crippen LogP contribution in [0.5, 0.6) is 5.75 Å². The summed E-state index contributed by atoms with van der Waals surface area (Å²) in [6.07, 6.45) is 0. The molecule has 1 aromatic carbocycles. The molecule has 0 amide bonds. The molecular formula is C15H18BrN3O2. The van der Waals surface area contributed by atoms with Crippen LogP contribution in [0.4, 0.5) is 5.82 Å². The van der Waals surface area contributed by atoms with Crippen molar-refractivity contribution in [2.24, 2.45) is 0 Å². The van der Waals surface area contributed by atoms with E-state index in [4.69, 9.17) is 9.47 Å². The van der Waals surface area contributed by atoms with Crippen LogP contribution in [0.3, 0.4) is 0 Å². The normalized spacial score (nSPS) is 10.4. The molecule has 21 heavy (non-hydrogen) atoms. The predicted octanol–water partition coefficient (Wildman–Crippen LogP) is 3.40. The van der Waals surface area contributed by atoms with Crippen molar-refractivity contribution >= 4 is 21.7 Å². The molecule has 0 atom stereocenters. The van der Waals surface area contributed by atoms with Crippen LogP contribution in [-0.4, -0.2) is 23.6 Å². The van der Waals surface area contributed by atoms with Crippen molar-refractivity contribution in [1.29, 1.82) is 0 Å². The van der Waals surface area contributed by atoms with Gasteiger partial charge in [-0.25, -0.2) is 9.97 Å². The van der Waals surface area contributed by atoms with Gasteiger partial charge in [-0.05, 0) is 35.0 Å². The molecule has 0 saturated carbocycles. The highest BCUT2D eigenvalue weighted by atomic mass is 79.9. The second kappa shape index (κ2) is 7.95. The lowest BCUT2D eigenvalue weighted by Crippen LogP contribution is -2.10. The maximum Gasteiger partial charge on any atom is 0.168 e. The Morgan fingerprint density at radius 3 is 2.57 bits per heavy atom. The van der Waals surface area contributed by atoms with Crippen molar-refractivity contribution < 1.29 is 9.47 Å². The minimum absolute atomic E-state index is 0.312. The highest BCUT2D eigenvalue weighted by Gasteiger charge is 2.12. The van der Waals surface area contributed by atoms with Crippen LogP contribution in [0.15, 0.2) is 34.8 Å². The number of anilines is 1. The van der Waals surface area contributed by atoms with Gasteiger partial charge >= 0.3 is 0 Å². The van der Waals surface area contributed by atoms with E-state index in [-0.39, 0.29) is 0 Å². The number of benzene rings is 1. The maximum absolute atomic E-state index is 5.69. The Balaban J connectivity index is 2.18. The number of hydrogen-bond acceptors (Lipinski definition) is 5. The lowest BCUT2D eigenvalue weighted by atomic mass is 10.3. The number of methoxy groups -OCH3 is 1. The third kappa shape index (κ3) is 4.41. The lowest BCUT2D eigenvalue weighted by Gasteiger charge is -2.12. The average molecular weight is 352 g/mol. The quantitative estimate of drug-likeness (QED) is 0.828. The van der Waals surface area contributed by atoms with E-state index in [0.717, 1.165) is 28.3 Å². The van der Waals surface area contributed by atoms with Crippen molar-refractivity contribution in [1.82, 2.24) is 9.97 Å². The van der Waals surface area contributed by atoms with Gasteiger partial charge < -0.3 is 14.8 Å². The van der Waals surface area contributed by atoms with Crippen molar-refractivity contribution in [3.8, 4) is 5.75 Å². The molecule has 0 fully saturated rings. The summed E-state index contributed by atoms with van der Waals surface area (Å²) >= 11 is 3.51. The van der Waals surface area contributed by atoms with Crippen LogP contribution >= 0.6 is 15.9 Å². The molecule has 0 radical (unpaired) electrons. The minimum Gasteiger partial charge on any atom is -0.486 e. The molecule has 5 nitrogen and oxygen atoms in total. The summed E-state index contributed by atoms with van der Waals surface area (Å²) in [4.78, 5) is 8.94. The Kier molecular flexibility index (Phi) is 5.95. The number of para-hydroxylation sites is 1. The van der Waals surface area contributed by atoms with Crippen molar-refractivity contribution in [3.05, 3.63) is 46.3 Å². The summed E-state index contributed by atoms with van der Waals surface area (Å²) in [6.45, 7) is 3.53. The summed E-state index contributed by atoms with van der Waals surface area (Å²) in [5.41, 5.74) is 0.801. The van der Waals surface area contributed by atoms with Gasteiger partial charge in [0.2, 0.25) is 0 Å². The second-order valence-corrected chi connectivity index (χ2v) is 5.11. The monoisotopic (exact) mass is 351 g/mol. The first kappa shape index (κ1) is 15.7. The largest absolute Gasteiger partial charge is 0.486 e. The van der Waals surface area contributed by atoms with Gasteiger partial charge in [0.05, 0.1) is 16.8 Å². The third-order valence-electron chi connectivity index (χ3n) is 2.70. The number of nitrogens with zero attached hydrogens (tertiary/aromatic N) is 2. The van der Waals surface area contributed by atoms with Gasteiger partial charge in [-0.1, -0.05) is 18.2 Å². The van der Waals surface area contributed by atoms with Crippen LogP contribution in [0.25, 0.3) is 0 Å². The fourth-order valence-electron chi connectivity index (χ4n) is 1.79. The number of aromatic nitrogens is 2. The third-order valence-corrected chi connectivity index (χ3v) is 3.54. The Labute approximate surface area is 132 Å². The standard InChI is InChI=1S/C15H18BrN3O2/c1-3-17-15-14(16)12(9-20-2)18-13(19-15)10-21-11-7-5-4-6-8-11/h4-8H,3,9-10H2,1-2H3,(H,17,18,19). The van der Waals surface area contributed by atoms with Crippen LogP contribution < -0.4 is 10.1 Å². The molecule has 112 valence electrons. The fourth-order valence-corrected chi connectivity index (χ4v) is 2.22. The molecular weight excluding hydrogens is 334 g/mol. The molecule has 1 aromatic heterocycles. The van der Waals surface area contributed by atoms with E-state index in [2.05, 4.69) is 31.2 Å². The molecule has 0 aliphatic heterocycles. The van der Waals surface area contributed by atoms with Crippen molar-refractivity contribution in [3.63, 3.8) is 0 Å². The van der Waals surface area contributed by atoms with Gasteiger partial charge in [0, 0.05) is 13.7 Å². The first-order valence-electron chi connectivity index (χ1n) is 6.70. The SMILES string of the molecule is CCNc1nc(COc2ccccc2)nc(COC)c1Br. The Morgan fingerprint density at radius 2 is 1.90 bits per heavy atom. The van der Waals surface area contributed by atoms with Crippen LogP contribution in [0, 0.1) is 0 Å². The molecule has 2 aromatic rings. The average Bonchev–Trinajstić information content (AvgIpc) is 2.51. The van der Waals surface area contributed by atoms with Gasteiger partial charge in [-0.2, -0.15) is 0 Å². The Hall–Kier alpha value is -1.66. The highest BCUT2D eigenvalue weighted by molar-refractivity contribution is 9.10. The zero-order valence-corrected chi connectivity index (χ0v) is 13.7. The number of hydrogen-bond donors (Lipinski definition) is 1. The van der Waals surface area contributed by atoms with Crippen LogP contribution in [-0.2, 0) is 18.0 Å². The molecule has 1 heterocycles. The van der Waals surface area contributed by atoms with E-state index in [0.29, 0.717) is 19.0 Å². The zero-order chi connectivity index (χ0) is 15.1. The Morgan fingerprint density at radius 1 is 1.14 bits per heavy atom. The maximum atomic E-state index is 5.69. The number of halogens is 1. The van der Waals surface area contributed by atoms with Gasteiger partial charge in [-0.15, -0.1) is 0 Å². The Bertz CT molecular complexity index is 551. The van der Waals surface area contributed by atoms with Gasteiger partial charge in [-0.3, -0.25) is 0 Å². The molecule has 6 heteroatoms. The predicted molar refractivity (Wildman–Crippen MR) is 85.4 cm³/mol. The van der Waals surface area contributed by atoms with Crippen LogP contribution in [0.1, 0.15) is 18.4 Å². The molecule has 0 unspecified atom stereocenters. The minimum atomic E-state index is 0.312. The fraction of sp³-hybridized carbons (Fsp3) is 0.333. The summed E-state index contributed by atoms with van der Waals surface area (Å²) in [5.74, 6) is 2.17. The lowest BCUT2D eigenvalue weighted by molar-refractivity contribution is 0.180. The van der Waals surface area contributed by atoms with Gasteiger partial charge in [0.25, 0.3) is 0 Å². The van der Waals surface area contributed by atoms with E-state index >= 15 is 0 Å². The van der Waals surface area contributed by atoms with E-state index in [1.807, 2.05) is 37.3 Å². The molecule has 0 bridgehead atoms.